The predicted octanol–water partition coefficient (Wildman–Crippen LogP) is 10.0. The van der Waals surface area contributed by atoms with Gasteiger partial charge in [0.15, 0.2) is 0 Å². The first-order valence-electron chi connectivity index (χ1n) is 12.6. The number of halogens is 1. The third-order valence-electron chi connectivity index (χ3n) is 6.22. The van der Waals surface area contributed by atoms with Crippen molar-refractivity contribution < 1.29 is 4.39 Å². The summed E-state index contributed by atoms with van der Waals surface area (Å²) in [6.07, 6.45) is 13.5. The van der Waals surface area contributed by atoms with Crippen LogP contribution in [0.2, 0.25) is 0 Å². The Labute approximate surface area is 201 Å². The summed E-state index contributed by atoms with van der Waals surface area (Å²) < 4.78 is 15.2. The number of aryl methyl sites for hydroxylation is 2. The molecule has 2 heteroatoms. The van der Waals surface area contributed by atoms with Gasteiger partial charge in [-0.25, -0.2) is 4.39 Å². The first kappa shape index (κ1) is 26.6. The number of anilines is 2. The van der Waals surface area contributed by atoms with E-state index in [0.717, 1.165) is 41.6 Å². The molecule has 0 atom stereocenters. The van der Waals surface area contributed by atoms with E-state index in [0.29, 0.717) is 5.57 Å². The molecule has 0 bridgehead atoms. The molecule has 2 aromatic rings. The SMILES string of the molecule is C\C=C(C)/C=C(F)\C(=C\CC)c1cc(Nc2cccc(CC)c2CCCCCC)ccc1C. The summed E-state index contributed by atoms with van der Waals surface area (Å²) >= 11 is 0. The zero-order chi connectivity index (χ0) is 24.2. The molecular formula is C31H42FN. The smallest absolute Gasteiger partial charge is 0.130 e. The van der Waals surface area contributed by atoms with Crippen molar-refractivity contribution >= 4 is 16.9 Å². The molecule has 0 aliphatic carbocycles. The molecule has 0 aliphatic rings. The van der Waals surface area contributed by atoms with Crippen LogP contribution in [0, 0.1) is 6.92 Å². The van der Waals surface area contributed by atoms with Crippen molar-refractivity contribution in [3.63, 3.8) is 0 Å². The normalized spacial score (nSPS) is 12.9. The molecule has 0 heterocycles. The number of allylic oxidation sites excluding steroid dienone is 6. The minimum Gasteiger partial charge on any atom is -0.355 e. The van der Waals surface area contributed by atoms with Crippen LogP contribution in [0.3, 0.4) is 0 Å². The zero-order valence-electron chi connectivity index (χ0n) is 21.5. The molecule has 2 aromatic carbocycles. The second-order valence-corrected chi connectivity index (χ2v) is 8.81. The van der Waals surface area contributed by atoms with Gasteiger partial charge in [0.05, 0.1) is 0 Å². The molecule has 0 unspecified atom stereocenters. The summed E-state index contributed by atoms with van der Waals surface area (Å²) in [5.74, 6) is -0.183. The van der Waals surface area contributed by atoms with Crippen LogP contribution in [0.5, 0.6) is 0 Å². The highest BCUT2D eigenvalue weighted by atomic mass is 19.1. The van der Waals surface area contributed by atoms with Crippen molar-refractivity contribution in [3.05, 3.63) is 88.3 Å². The van der Waals surface area contributed by atoms with E-state index in [1.54, 1.807) is 6.08 Å². The van der Waals surface area contributed by atoms with Gasteiger partial charge in [0, 0.05) is 16.9 Å². The standard InChI is InChI=1S/C31H42FN/c1-7-11-12-13-17-27-25(10-4)16-14-18-31(27)33-26-20-19-24(6)29(22-26)28(15-8-2)30(32)21-23(5)9-3/h9,14-16,18-22,33H,7-8,10-13,17H2,1-6H3/b23-9-,28-15+,30-21+. The molecule has 1 N–H and O–H groups in total. The van der Waals surface area contributed by atoms with Gasteiger partial charge in [0.2, 0.25) is 0 Å². The first-order valence-corrected chi connectivity index (χ1v) is 12.6. The van der Waals surface area contributed by atoms with Gasteiger partial charge in [-0.2, -0.15) is 0 Å². The summed E-state index contributed by atoms with van der Waals surface area (Å²) in [6, 6.07) is 12.8. The molecule has 0 aromatic heterocycles. The van der Waals surface area contributed by atoms with Crippen molar-refractivity contribution in [2.45, 2.75) is 86.5 Å². The van der Waals surface area contributed by atoms with Crippen LogP contribution >= 0.6 is 0 Å². The molecule has 0 aliphatic heterocycles. The van der Waals surface area contributed by atoms with Gasteiger partial charge in [-0.1, -0.05) is 76.0 Å². The third-order valence-corrected chi connectivity index (χ3v) is 6.22. The van der Waals surface area contributed by atoms with E-state index in [1.807, 2.05) is 32.9 Å². The molecule has 1 nitrogen and oxygen atoms in total. The molecule has 0 spiro atoms. The van der Waals surface area contributed by atoms with E-state index in [-0.39, 0.29) is 5.83 Å². The molecule has 33 heavy (non-hydrogen) atoms. The van der Waals surface area contributed by atoms with Gasteiger partial charge >= 0.3 is 0 Å². The summed E-state index contributed by atoms with van der Waals surface area (Å²) in [5, 5.41) is 3.66. The number of benzene rings is 2. The molecular weight excluding hydrogens is 405 g/mol. The van der Waals surface area contributed by atoms with E-state index < -0.39 is 0 Å². The Bertz CT molecular complexity index is 994. The highest BCUT2D eigenvalue weighted by Gasteiger charge is 2.13. The fourth-order valence-corrected chi connectivity index (χ4v) is 4.15. The van der Waals surface area contributed by atoms with Crippen molar-refractivity contribution in [2.75, 3.05) is 5.32 Å². The van der Waals surface area contributed by atoms with E-state index in [9.17, 15) is 0 Å². The Balaban J connectivity index is 2.42. The average Bonchev–Trinajstić information content (AvgIpc) is 2.82. The van der Waals surface area contributed by atoms with Crippen molar-refractivity contribution in [1.82, 2.24) is 0 Å². The van der Waals surface area contributed by atoms with Gasteiger partial charge in [-0.05, 0) is 93.0 Å². The van der Waals surface area contributed by atoms with Crippen LogP contribution in [0.15, 0.2) is 66.0 Å². The van der Waals surface area contributed by atoms with Crippen molar-refractivity contribution in [1.29, 1.82) is 0 Å². The lowest BCUT2D eigenvalue weighted by atomic mass is 9.95. The highest BCUT2D eigenvalue weighted by molar-refractivity contribution is 5.82. The van der Waals surface area contributed by atoms with Crippen LogP contribution in [0.25, 0.3) is 5.57 Å². The molecule has 178 valence electrons. The number of unbranched alkanes of at least 4 members (excludes halogenated alkanes) is 3. The first-order chi connectivity index (χ1) is 15.9. The van der Waals surface area contributed by atoms with Crippen molar-refractivity contribution in [3.8, 4) is 0 Å². The van der Waals surface area contributed by atoms with Crippen LogP contribution in [-0.2, 0) is 12.8 Å². The lowest BCUT2D eigenvalue weighted by Crippen LogP contribution is -2.02. The summed E-state index contributed by atoms with van der Waals surface area (Å²) in [7, 11) is 0. The van der Waals surface area contributed by atoms with Gasteiger partial charge in [-0.15, -0.1) is 0 Å². The topological polar surface area (TPSA) is 12.0 Å². The van der Waals surface area contributed by atoms with E-state index in [2.05, 4.69) is 62.5 Å². The minimum absolute atomic E-state index is 0.183. The quantitative estimate of drug-likeness (QED) is 0.252. The fraction of sp³-hybridized carbons (Fsp3) is 0.419. The highest BCUT2D eigenvalue weighted by Crippen LogP contribution is 2.33. The third kappa shape index (κ3) is 7.74. The largest absolute Gasteiger partial charge is 0.355 e. The molecule has 0 fully saturated rings. The number of hydrogen-bond acceptors (Lipinski definition) is 1. The van der Waals surface area contributed by atoms with Crippen LogP contribution < -0.4 is 5.32 Å². The zero-order valence-corrected chi connectivity index (χ0v) is 21.5. The predicted molar refractivity (Wildman–Crippen MR) is 145 cm³/mol. The second kappa shape index (κ2) is 13.8. The number of nitrogens with one attached hydrogen (secondary N) is 1. The molecule has 2 rings (SSSR count). The lowest BCUT2D eigenvalue weighted by Gasteiger charge is -2.18. The van der Waals surface area contributed by atoms with Gasteiger partial charge < -0.3 is 5.32 Å². The second-order valence-electron chi connectivity index (χ2n) is 8.81. The van der Waals surface area contributed by atoms with Gasteiger partial charge in [-0.3, -0.25) is 0 Å². The summed E-state index contributed by atoms with van der Waals surface area (Å²) in [4.78, 5) is 0. The maximum Gasteiger partial charge on any atom is 0.130 e. The Hall–Kier alpha value is -2.61. The van der Waals surface area contributed by atoms with E-state index >= 15 is 4.39 Å². The maximum atomic E-state index is 15.2. The maximum absolute atomic E-state index is 15.2. The van der Waals surface area contributed by atoms with Crippen LogP contribution in [0.4, 0.5) is 15.8 Å². The van der Waals surface area contributed by atoms with E-state index in [1.165, 1.54) is 42.5 Å². The van der Waals surface area contributed by atoms with Gasteiger partial charge in [0.1, 0.15) is 5.83 Å². The Morgan fingerprint density at radius 1 is 1.03 bits per heavy atom. The van der Waals surface area contributed by atoms with Crippen molar-refractivity contribution in [2.24, 2.45) is 0 Å². The lowest BCUT2D eigenvalue weighted by molar-refractivity contribution is 0.665. The van der Waals surface area contributed by atoms with Crippen LogP contribution in [0.1, 0.15) is 89.0 Å². The Morgan fingerprint density at radius 2 is 1.82 bits per heavy atom. The average molecular weight is 448 g/mol. The molecule has 0 amide bonds. The van der Waals surface area contributed by atoms with Gasteiger partial charge in [0.25, 0.3) is 0 Å². The number of rotatable bonds is 12. The number of hydrogen-bond donors (Lipinski definition) is 1. The monoisotopic (exact) mass is 447 g/mol. The molecule has 0 saturated heterocycles. The molecule has 0 radical (unpaired) electrons. The molecule has 0 saturated carbocycles. The minimum atomic E-state index is -0.183. The summed E-state index contributed by atoms with van der Waals surface area (Å²) in [5.41, 5.74) is 8.59. The van der Waals surface area contributed by atoms with Crippen LogP contribution in [-0.4, -0.2) is 0 Å². The Kier molecular flexibility index (Phi) is 11.2. The fourth-order valence-electron chi connectivity index (χ4n) is 4.15. The summed E-state index contributed by atoms with van der Waals surface area (Å²) in [6.45, 7) is 12.4. The van der Waals surface area contributed by atoms with E-state index in [4.69, 9.17) is 0 Å². The Morgan fingerprint density at radius 3 is 2.48 bits per heavy atom.